The van der Waals surface area contributed by atoms with E-state index in [1.54, 1.807) is 0 Å². The summed E-state index contributed by atoms with van der Waals surface area (Å²) in [7, 11) is 0. The molecular formula is C13H17NO2. The molecule has 1 atom stereocenters. The lowest BCUT2D eigenvalue weighted by atomic mass is 9.78. The zero-order chi connectivity index (χ0) is 11.6. The Labute approximate surface area is 95.5 Å². The number of nitrogens with one attached hydrogen (secondary N) is 1. The number of benzene rings is 1. The van der Waals surface area contributed by atoms with Crippen LogP contribution in [0, 0.1) is 0 Å². The quantitative estimate of drug-likeness (QED) is 0.812. The molecule has 3 heteroatoms. The molecule has 0 saturated carbocycles. The summed E-state index contributed by atoms with van der Waals surface area (Å²) in [5.41, 5.74) is 1.69. The molecule has 0 aliphatic heterocycles. The molecule has 1 aromatic rings. The first-order valence-electron chi connectivity index (χ1n) is 5.73. The lowest BCUT2D eigenvalue weighted by molar-refractivity contribution is -0.145. The molecule has 1 unspecified atom stereocenters. The largest absolute Gasteiger partial charge is 0.480 e. The van der Waals surface area contributed by atoms with E-state index in [1.807, 2.05) is 25.1 Å². The number of likely N-dealkylation sites (N-methyl/N-ethyl adjacent to an activating group) is 1. The van der Waals surface area contributed by atoms with Gasteiger partial charge in [0.15, 0.2) is 0 Å². The number of carbonyl (C=O) groups is 1. The monoisotopic (exact) mass is 219 g/mol. The maximum atomic E-state index is 11.4. The number of fused-ring (bicyclic) bond motifs is 1. The summed E-state index contributed by atoms with van der Waals surface area (Å²) >= 11 is 0. The molecule has 0 radical (unpaired) electrons. The zero-order valence-corrected chi connectivity index (χ0v) is 9.49. The van der Waals surface area contributed by atoms with Crippen molar-refractivity contribution in [2.75, 3.05) is 6.54 Å². The van der Waals surface area contributed by atoms with E-state index in [1.165, 1.54) is 5.56 Å². The van der Waals surface area contributed by atoms with Crippen molar-refractivity contribution < 1.29 is 9.90 Å². The van der Waals surface area contributed by atoms with Crippen LogP contribution in [-0.2, 0) is 17.6 Å². The molecule has 3 nitrogen and oxygen atoms in total. The van der Waals surface area contributed by atoms with Gasteiger partial charge in [-0.15, -0.1) is 0 Å². The van der Waals surface area contributed by atoms with Crippen LogP contribution in [0.3, 0.4) is 0 Å². The minimum Gasteiger partial charge on any atom is -0.480 e. The predicted molar refractivity (Wildman–Crippen MR) is 62.5 cm³/mol. The lowest BCUT2D eigenvalue weighted by Gasteiger charge is -2.35. The topological polar surface area (TPSA) is 49.3 Å². The zero-order valence-electron chi connectivity index (χ0n) is 9.49. The molecule has 0 aromatic heterocycles. The van der Waals surface area contributed by atoms with Gasteiger partial charge in [-0.1, -0.05) is 31.2 Å². The van der Waals surface area contributed by atoms with Crippen LogP contribution in [-0.4, -0.2) is 23.2 Å². The first-order valence-corrected chi connectivity index (χ1v) is 5.73. The lowest BCUT2D eigenvalue weighted by Crippen LogP contribution is -2.55. The molecule has 0 heterocycles. The number of rotatable bonds is 3. The summed E-state index contributed by atoms with van der Waals surface area (Å²) < 4.78 is 0. The van der Waals surface area contributed by atoms with Crippen molar-refractivity contribution in [3.8, 4) is 0 Å². The standard InChI is InChI=1S/C13H17NO2/c1-2-14-13(12(15)16)8-7-10-5-3-4-6-11(10)9-13/h3-6,14H,2,7-9H2,1H3,(H,15,16). The van der Waals surface area contributed by atoms with Gasteiger partial charge in [-0.05, 0) is 30.5 Å². The minimum atomic E-state index is -0.761. The van der Waals surface area contributed by atoms with Gasteiger partial charge in [0.05, 0.1) is 0 Å². The van der Waals surface area contributed by atoms with Crippen molar-refractivity contribution in [3.63, 3.8) is 0 Å². The summed E-state index contributed by atoms with van der Waals surface area (Å²) in [6.45, 7) is 2.64. The molecule has 16 heavy (non-hydrogen) atoms. The van der Waals surface area contributed by atoms with Crippen LogP contribution in [0.15, 0.2) is 24.3 Å². The van der Waals surface area contributed by atoms with Gasteiger partial charge in [-0.3, -0.25) is 4.79 Å². The van der Waals surface area contributed by atoms with Crippen molar-refractivity contribution >= 4 is 5.97 Å². The van der Waals surface area contributed by atoms with Crippen LogP contribution in [0.25, 0.3) is 0 Å². The van der Waals surface area contributed by atoms with E-state index >= 15 is 0 Å². The van der Waals surface area contributed by atoms with Gasteiger partial charge in [-0.25, -0.2) is 0 Å². The van der Waals surface area contributed by atoms with Crippen molar-refractivity contribution in [3.05, 3.63) is 35.4 Å². The smallest absolute Gasteiger partial charge is 0.324 e. The second-order valence-corrected chi connectivity index (χ2v) is 4.36. The van der Waals surface area contributed by atoms with Crippen LogP contribution in [0.1, 0.15) is 24.5 Å². The third kappa shape index (κ3) is 1.83. The van der Waals surface area contributed by atoms with Gasteiger partial charge < -0.3 is 10.4 Å². The highest BCUT2D eigenvalue weighted by Crippen LogP contribution is 2.28. The Bertz CT molecular complexity index is 403. The minimum absolute atomic E-state index is 0.590. The SMILES string of the molecule is CCNC1(C(=O)O)CCc2ccccc2C1. The van der Waals surface area contributed by atoms with E-state index in [0.717, 1.165) is 12.0 Å². The predicted octanol–water partition coefficient (Wildman–Crippen LogP) is 1.61. The van der Waals surface area contributed by atoms with E-state index in [-0.39, 0.29) is 0 Å². The summed E-state index contributed by atoms with van der Waals surface area (Å²) in [5.74, 6) is -0.733. The second-order valence-electron chi connectivity index (χ2n) is 4.36. The van der Waals surface area contributed by atoms with Crippen molar-refractivity contribution in [2.45, 2.75) is 31.7 Å². The maximum absolute atomic E-state index is 11.4. The van der Waals surface area contributed by atoms with E-state index in [9.17, 15) is 9.90 Å². The third-order valence-electron chi connectivity index (χ3n) is 3.36. The summed E-state index contributed by atoms with van der Waals surface area (Å²) in [5, 5.41) is 12.5. The Morgan fingerprint density at radius 2 is 2.12 bits per heavy atom. The van der Waals surface area contributed by atoms with E-state index < -0.39 is 11.5 Å². The first kappa shape index (κ1) is 11.1. The molecular weight excluding hydrogens is 202 g/mol. The average Bonchev–Trinajstić information content (AvgIpc) is 2.29. The molecule has 0 amide bonds. The van der Waals surface area contributed by atoms with Gasteiger partial charge >= 0.3 is 5.97 Å². The number of hydrogen-bond donors (Lipinski definition) is 2. The number of carboxylic acids is 1. The van der Waals surface area contributed by atoms with Gasteiger partial charge in [0, 0.05) is 6.42 Å². The Morgan fingerprint density at radius 1 is 1.44 bits per heavy atom. The third-order valence-corrected chi connectivity index (χ3v) is 3.36. The molecule has 1 aromatic carbocycles. The van der Waals surface area contributed by atoms with Crippen LogP contribution in [0.5, 0.6) is 0 Å². The van der Waals surface area contributed by atoms with Crippen molar-refractivity contribution in [1.82, 2.24) is 5.32 Å². The summed E-state index contributed by atoms with van der Waals surface area (Å²) in [6.07, 6.45) is 2.11. The fourth-order valence-corrected chi connectivity index (χ4v) is 2.48. The van der Waals surface area contributed by atoms with Gasteiger partial charge in [0.25, 0.3) is 0 Å². The van der Waals surface area contributed by atoms with Crippen LogP contribution in [0.4, 0.5) is 0 Å². The molecule has 0 saturated heterocycles. The number of aryl methyl sites for hydroxylation is 1. The Hall–Kier alpha value is -1.35. The van der Waals surface area contributed by atoms with Crippen LogP contribution in [0.2, 0.25) is 0 Å². The van der Waals surface area contributed by atoms with E-state index in [2.05, 4.69) is 11.4 Å². The highest BCUT2D eigenvalue weighted by Gasteiger charge is 2.40. The number of aliphatic carboxylic acids is 1. The van der Waals surface area contributed by atoms with E-state index in [0.29, 0.717) is 19.4 Å². The fraction of sp³-hybridized carbons (Fsp3) is 0.462. The molecule has 86 valence electrons. The van der Waals surface area contributed by atoms with Crippen LogP contribution < -0.4 is 5.32 Å². The van der Waals surface area contributed by atoms with Gasteiger partial charge in [-0.2, -0.15) is 0 Å². The number of hydrogen-bond acceptors (Lipinski definition) is 2. The molecule has 0 spiro atoms. The fourth-order valence-electron chi connectivity index (χ4n) is 2.48. The Kier molecular flexibility index (Phi) is 2.97. The summed E-state index contributed by atoms with van der Waals surface area (Å²) in [4.78, 5) is 11.4. The first-order chi connectivity index (χ1) is 7.68. The highest BCUT2D eigenvalue weighted by atomic mass is 16.4. The second kappa shape index (κ2) is 4.26. The highest BCUT2D eigenvalue weighted by molar-refractivity contribution is 5.80. The Balaban J connectivity index is 2.31. The maximum Gasteiger partial charge on any atom is 0.324 e. The Morgan fingerprint density at radius 3 is 2.75 bits per heavy atom. The molecule has 0 fully saturated rings. The molecule has 2 rings (SSSR count). The van der Waals surface area contributed by atoms with Crippen molar-refractivity contribution in [2.24, 2.45) is 0 Å². The molecule has 1 aliphatic carbocycles. The van der Waals surface area contributed by atoms with E-state index in [4.69, 9.17) is 0 Å². The van der Waals surface area contributed by atoms with Crippen LogP contribution >= 0.6 is 0 Å². The molecule has 0 bridgehead atoms. The van der Waals surface area contributed by atoms with Crippen molar-refractivity contribution in [1.29, 1.82) is 0 Å². The number of carboxylic acid groups (broad SMARTS) is 1. The molecule has 1 aliphatic rings. The van der Waals surface area contributed by atoms with Gasteiger partial charge in [0.1, 0.15) is 5.54 Å². The summed E-state index contributed by atoms with van der Waals surface area (Å²) in [6, 6.07) is 8.11. The average molecular weight is 219 g/mol. The molecule has 2 N–H and O–H groups in total. The normalized spacial score (nSPS) is 23.8. The van der Waals surface area contributed by atoms with Gasteiger partial charge in [0.2, 0.25) is 0 Å².